The van der Waals surface area contributed by atoms with E-state index in [0.29, 0.717) is 47.3 Å². The summed E-state index contributed by atoms with van der Waals surface area (Å²) in [7, 11) is -0.369. The van der Waals surface area contributed by atoms with E-state index < -0.39 is 10.1 Å². The van der Waals surface area contributed by atoms with Gasteiger partial charge in [-0.3, -0.25) is 4.90 Å². The molecule has 278 valence electrons. The summed E-state index contributed by atoms with van der Waals surface area (Å²) >= 11 is 0. The molecule has 2 atom stereocenters. The van der Waals surface area contributed by atoms with Crippen LogP contribution in [0.4, 0.5) is 0 Å². The van der Waals surface area contributed by atoms with Crippen molar-refractivity contribution in [2.45, 2.75) is 57.3 Å². The molecule has 8 rings (SSSR count). The molecule has 0 spiro atoms. The molecule has 0 radical (unpaired) electrons. The van der Waals surface area contributed by atoms with Gasteiger partial charge in [-0.1, -0.05) is 84.4 Å². The van der Waals surface area contributed by atoms with Gasteiger partial charge in [0.05, 0.1) is 13.2 Å². The predicted molar refractivity (Wildman–Crippen MR) is 208 cm³/mol. The topological polar surface area (TPSA) is 86.8 Å². The van der Waals surface area contributed by atoms with Crippen molar-refractivity contribution in [1.29, 1.82) is 0 Å². The number of hydrogen-bond acceptors (Lipinski definition) is 9. The summed E-state index contributed by atoms with van der Waals surface area (Å²) in [5.41, 5.74) is 8.47. The van der Waals surface area contributed by atoms with Crippen LogP contribution < -0.4 is 23.1 Å². The molecule has 5 aromatic carbocycles. The highest BCUT2D eigenvalue weighted by atomic mass is 32.2. The smallest absolute Gasteiger partial charge is 0.339 e. The Balaban J connectivity index is 1.32. The zero-order chi connectivity index (χ0) is 37.6. The average Bonchev–Trinajstić information content (AvgIpc) is 3.64. The van der Waals surface area contributed by atoms with E-state index in [0.717, 1.165) is 46.5 Å². The Morgan fingerprint density at radius 1 is 0.852 bits per heavy atom. The average molecular weight is 745 g/mol. The molecule has 0 unspecified atom stereocenters. The van der Waals surface area contributed by atoms with Crippen LogP contribution in [-0.2, 0) is 29.7 Å². The van der Waals surface area contributed by atoms with Crippen molar-refractivity contribution in [3.05, 3.63) is 147 Å². The minimum atomic E-state index is -4.21. The van der Waals surface area contributed by atoms with Gasteiger partial charge >= 0.3 is 10.1 Å². The van der Waals surface area contributed by atoms with Crippen molar-refractivity contribution in [2.24, 2.45) is 0 Å². The third kappa shape index (κ3) is 6.65. The minimum absolute atomic E-state index is 0.0299. The van der Waals surface area contributed by atoms with E-state index in [9.17, 15) is 8.42 Å². The van der Waals surface area contributed by atoms with E-state index >= 15 is 0 Å². The molecule has 9 nitrogen and oxygen atoms in total. The summed E-state index contributed by atoms with van der Waals surface area (Å²) in [5, 5.41) is 0. The Morgan fingerprint density at radius 3 is 2.26 bits per heavy atom. The zero-order valence-electron chi connectivity index (χ0n) is 31.2. The molecule has 0 N–H and O–H groups in total. The summed E-state index contributed by atoms with van der Waals surface area (Å²) in [6.45, 7) is 7.58. The van der Waals surface area contributed by atoms with Crippen LogP contribution in [0.5, 0.6) is 28.7 Å². The lowest BCUT2D eigenvalue weighted by Crippen LogP contribution is -2.54. The van der Waals surface area contributed by atoms with Gasteiger partial charge in [0.15, 0.2) is 28.7 Å². The van der Waals surface area contributed by atoms with Crippen LogP contribution in [0.25, 0.3) is 6.08 Å². The predicted octanol–water partition coefficient (Wildman–Crippen LogP) is 8.15. The van der Waals surface area contributed by atoms with E-state index in [1.165, 1.54) is 5.56 Å². The largest absolute Gasteiger partial charge is 0.493 e. The molecule has 3 aliphatic heterocycles. The number of rotatable bonds is 10. The van der Waals surface area contributed by atoms with Crippen molar-refractivity contribution in [3.63, 3.8) is 0 Å². The van der Waals surface area contributed by atoms with Crippen LogP contribution in [0, 0.1) is 20.8 Å². The summed E-state index contributed by atoms with van der Waals surface area (Å²) in [6.07, 6.45) is 2.89. The second-order valence-corrected chi connectivity index (χ2v) is 15.8. The number of nitrogens with zero attached hydrogens (tertiary/aromatic N) is 2. The van der Waals surface area contributed by atoms with Gasteiger partial charge in [-0.25, -0.2) is 0 Å². The van der Waals surface area contributed by atoms with E-state index in [-0.39, 0.29) is 29.5 Å². The first-order valence-corrected chi connectivity index (χ1v) is 19.6. The SMILES string of the molecule is COc1c(C)cc2c(c1OCc1ccccc1)[C@@H]1/C(=C\c3cc4c(c(C)c3OS(=O)(=O)c3ccc(C)cc3)OCO4)N(Cc3ccccc3)C[C@H](C2)N1C. The first kappa shape index (κ1) is 35.6. The number of ether oxygens (including phenoxy) is 4. The molecule has 0 aliphatic carbocycles. The molecule has 0 amide bonds. The van der Waals surface area contributed by atoms with Crippen LogP contribution in [0.2, 0.25) is 0 Å². The number of benzene rings is 5. The summed E-state index contributed by atoms with van der Waals surface area (Å²) in [5.74, 6) is 2.59. The van der Waals surface area contributed by atoms with Crippen LogP contribution in [0.3, 0.4) is 0 Å². The monoisotopic (exact) mass is 744 g/mol. The van der Waals surface area contributed by atoms with Crippen molar-refractivity contribution in [2.75, 3.05) is 27.5 Å². The maximum absolute atomic E-state index is 13.9. The van der Waals surface area contributed by atoms with Gasteiger partial charge in [0.25, 0.3) is 0 Å². The lowest BCUT2D eigenvalue weighted by molar-refractivity contribution is 0.0677. The standard InChI is InChI=1S/C44H44N2O7S/c1-28-16-18-36(19-17-28)54(47,48)53-42-30(3)43-38(51-27-52-43)23-34(42)22-37-40-39-33(21-35(45(40)4)25-46(37)24-31-12-8-6-9-13-31)20-29(2)41(49-5)44(39)50-26-32-14-10-7-11-15-32/h6-20,22-23,35,40H,21,24-27H2,1-5H3/b37-22+/t35-,40-/m0/s1. The zero-order valence-corrected chi connectivity index (χ0v) is 32.0. The maximum atomic E-state index is 13.9. The Kier molecular flexibility index (Phi) is 9.49. The van der Waals surface area contributed by atoms with Gasteiger partial charge in [-0.15, -0.1) is 0 Å². The highest BCUT2D eigenvalue weighted by Gasteiger charge is 2.44. The first-order chi connectivity index (χ1) is 26.1. The molecular formula is C44H44N2O7S. The minimum Gasteiger partial charge on any atom is -0.493 e. The van der Waals surface area contributed by atoms with E-state index in [4.69, 9.17) is 23.1 Å². The lowest BCUT2D eigenvalue weighted by atomic mass is 9.81. The Hall–Kier alpha value is -5.45. The fraction of sp³-hybridized carbons (Fsp3) is 0.273. The third-order valence-corrected chi connectivity index (χ3v) is 11.9. The number of aryl methyl sites for hydroxylation is 2. The van der Waals surface area contributed by atoms with E-state index in [2.05, 4.69) is 72.3 Å². The Morgan fingerprint density at radius 2 is 1.56 bits per heavy atom. The van der Waals surface area contributed by atoms with Crippen LogP contribution in [0.15, 0.2) is 108 Å². The second kappa shape index (κ2) is 14.4. The van der Waals surface area contributed by atoms with Crippen LogP contribution in [-0.4, -0.2) is 51.8 Å². The molecule has 5 aromatic rings. The highest BCUT2D eigenvalue weighted by molar-refractivity contribution is 7.87. The number of methoxy groups -OCH3 is 1. The van der Waals surface area contributed by atoms with Crippen molar-refractivity contribution >= 4 is 16.2 Å². The number of fused-ring (bicyclic) bond motifs is 5. The quantitative estimate of drug-likeness (QED) is 0.132. The van der Waals surface area contributed by atoms with Gasteiger partial charge in [0, 0.05) is 41.5 Å². The molecule has 0 aromatic heterocycles. The van der Waals surface area contributed by atoms with E-state index in [1.807, 2.05) is 37.3 Å². The molecule has 1 fully saturated rings. The summed E-state index contributed by atoms with van der Waals surface area (Å²) in [4.78, 5) is 4.88. The first-order valence-electron chi connectivity index (χ1n) is 18.1. The summed E-state index contributed by atoms with van der Waals surface area (Å²) < 4.78 is 58.4. The molecule has 0 saturated carbocycles. The van der Waals surface area contributed by atoms with Gasteiger partial charge in [-0.2, -0.15) is 8.42 Å². The number of likely N-dealkylation sites (N-methyl/N-ethyl adjacent to an activating group) is 1. The third-order valence-electron chi connectivity index (χ3n) is 10.7. The number of piperazine rings is 1. The van der Waals surface area contributed by atoms with Crippen LogP contribution >= 0.6 is 0 Å². The lowest BCUT2D eigenvalue weighted by Gasteiger charge is -2.52. The number of hydrogen-bond donors (Lipinski definition) is 0. The summed E-state index contributed by atoms with van der Waals surface area (Å²) in [6, 6.07) is 31.1. The Labute approximate surface area is 317 Å². The molecular weight excluding hydrogens is 701 g/mol. The second-order valence-electron chi connectivity index (χ2n) is 14.3. The van der Waals surface area contributed by atoms with Crippen molar-refractivity contribution in [1.82, 2.24) is 9.80 Å². The molecule has 2 bridgehead atoms. The fourth-order valence-electron chi connectivity index (χ4n) is 7.93. The Bertz CT molecular complexity index is 2330. The van der Waals surface area contributed by atoms with Crippen LogP contribution in [0.1, 0.15) is 50.5 Å². The molecule has 3 heterocycles. The molecule has 1 saturated heterocycles. The van der Waals surface area contributed by atoms with Gasteiger partial charge < -0.3 is 28.0 Å². The molecule has 54 heavy (non-hydrogen) atoms. The molecule has 3 aliphatic rings. The van der Waals surface area contributed by atoms with Gasteiger partial charge in [-0.05, 0) is 80.8 Å². The highest BCUT2D eigenvalue weighted by Crippen LogP contribution is 2.52. The van der Waals surface area contributed by atoms with Gasteiger partial charge in [0.1, 0.15) is 11.5 Å². The normalized spacial score (nSPS) is 18.4. The van der Waals surface area contributed by atoms with Gasteiger partial charge in [0.2, 0.25) is 6.79 Å². The maximum Gasteiger partial charge on any atom is 0.339 e. The molecule has 10 heteroatoms. The van der Waals surface area contributed by atoms with Crippen molar-refractivity contribution < 1.29 is 31.5 Å². The van der Waals surface area contributed by atoms with E-state index in [1.54, 1.807) is 38.3 Å². The fourth-order valence-corrected chi connectivity index (χ4v) is 8.93. The van der Waals surface area contributed by atoms with Crippen molar-refractivity contribution in [3.8, 4) is 28.7 Å².